The minimum absolute atomic E-state index is 0.267. The fourth-order valence-electron chi connectivity index (χ4n) is 2.33. The van der Waals surface area contributed by atoms with E-state index in [0.29, 0.717) is 6.04 Å². The Labute approximate surface area is 95.2 Å². The van der Waals surface area contributed by atoms with Crippen LogP contribution in [0.25, 0.3) is 0 Å². The van der Waals surface area contributed by atoms with E-state index in [1.54, 1.807) is 0 Å². The molecule has 1 aliphatic carbocycles. The summed E-state index contributed by atoms with van der Waals surface area (Å²) in [4.78, 5) is 0. The molecule has 0 aromatic carbocycles. The van der Waals surface area contributed by atoms with Gasteiger partial charge in [0.2, 0.25) is 0 Å². The van der Waals surface area contributed by atoms with E-state index in [4.69, 9.17) is 0 Å². The van der Waals surface area contributed by atoms with Crippen molar-refractivity contribution in [2.24, 2.45) is 5.92 Å². The first-order chi connectivity index (χ1) is 6.87. The molecular weight excluding hydrogens is 184 g/mol. The third kappa shape index (κ3) is 5.53. The van der Waals surface area contributed by atoms with Crippen molar-refractivity contribution in [1.29, 1.82) is 0 Å². The Morgan fingerprint density at radius 2 is 1.87 bits per heavy atom. The smallest absolute Gasteiger partial charge is 0.00966 e. The van der Waals surface area contributed by atoms with Crippen molar-refractivity contribution in [2.45, 2.75) is 71.5 Å². The molecule has 0 unspecified atom stereocenters. The van der Waals surface area contributed by atoms with Gasteiger partial charge >= 0.3 is 0 Å². The van der Waals surface area contributed by atoms with Crippen LogP contribution < -0.4 is 10.6 Å². The zero-order chi connectivity index (χ0) is 11.5. The second kappa shape index (κ2) is 5.31. The molecule has 0 bridgehead atoms. The molecule has 90 valence electrons. The molecule has 2 heteroatoms. The lowest BCUT2D eigenvalue weighted by molar-refractivity contribution is 0.365. The lowest BCUT2D eigenvalue weighted by atomic mass is 10.0. The maximum absolute atomic E-state index is 3.64. The molecule has 0 amide bonds. The molecule has 0 aromatic rings. The van der Waals surface area contributed by atoms with E-state index in [1.165, 1.54) is 25.8 Å². The maximum Gasteiger partial charge on any atom is 0.00966 e. The van der Waals surface area contributed by atoms with Gasteiger partial charge in [-0.3, -0.25) is 0 Å². The molecule has 0 heterocycles. The van der Waals surface area contributed by atoms with Crippen LogP contribution in [0.5, 0.6) is 0 Å². The summed E-state index contributed by atoms with van der Waals surface area (Å²) in [7, 11) is 0. The zero-order valence-electron chi connectivity index (χ0n) is 11.1. The average molecular weight is 212 g/mol. The Bertz CT molecular complexity index is 181. The Hall–Kier alpha value is -0.0800. The number of rotatable bonds is 4. The van der Waals surface area contributed by atoms with E-state index in [9.17, 15) is 0 Å². The van der Waals surface area contributed by atoms with Gasteiger partial charge in [0.25, 0.3) is 0 Å². The molecule has 0 aliphatic heterocycles. The van der Waals surface area contributed by atoms with Crippen LogP contribution in [0.2, 0.25) is 0 Å². The van der Waals surface area contributed by atoms with Gasteiger partial charge in [0.1, 0.15) is 0 Å². The molecule has 2 atom stereocenters. The molecule has 1 fully saturated rings. The number of nitrogens with one attached hydrogen (secondary N) is 2. The lowest BCUT2D eigenvalue weighted by Crippen LogP contribution is -2.39. The van der Waals surface area contributed by atoms with Crippen molar-refractivity contribution >= 4 is 0 Å². The molecule has 1 rings (SSSR count). The highest BCUT2D eigenvalue weighted by molar-refractivity contribution is 4.84. The standard InChI is InChI=1S/C13H28N2/c1-10(2)15-12-7-6-11(8-12)9-14-13(3,4)5/h10-12,14-15H,6-9H2,1-5H3/t11-,12+/m0/s1. The fourth-order valence-corrected chi connectivity index (χ4v) is 2.33. The summed E-state index contributed by atoms with van der Waals surface area (Å²) in [6.07, 6.45) is 4.09. The minimum Gasteiger partial charge on any atom is -0.312 e. The monoisotopic (exact) mass is 212 g/mol. The Kier molecular flexibility index (Phi) is 4.60. The van der Waals surface area contributed by atoms with Crippen LogP contribution in [0.4, 0.5) is 0 Å². The second-order valence-corrected chi connectivity index (χ2v) is 6.33. The van der Waals surface area contributed by atoms with Crippen LogP contribution >= 0.6 is 0 Å². The molecule has 0 spiro atoms. The third-order valence-electron chi connectivity index (χ3n) is 3.03. The predicted octanol–water partition coefficient (Wildman–Crippen LogP) is 2.54. The van der Waals surface area contributed by atoms with Crippen LogP contribution in [-0.4, -0.2) is 24.2 Å². The highest BCUT2D eigenvalue weighted by Crippen LogP contribution is 2.25. The zero-order valence-corrected chi connectivity index (χ0v) is 11.1. The molecule has 1 aliphatic rings. The normalized spacial score (nSPS) is 27.6. The summed E-state index contributed by atoms with van der Waals surface area (Å²) in [5.74, 6) is 0.875. The minimum atomic E-state index is 0.267. The highest BCUT2D eigenvalue weighted by atomic mass is 15.0. The molecule has 2 nitrogen and oxygen atoms in total. The fraction of sp³-hybridized carbons (Fsp3) is 1.00. The van der Waals surface area contributed by atoms with Gasteiger partial charge in [-0.05, 0) is 52.5 Å². The van der Waals surface area contributed by atoms with Crippen LogP contribution in [0.3, 0.4) is 0 Å². The SMILES string of the molecule is CC(C)N[C@@H]1CC[C@H](CNC(C)(C)C)C1. The largest absolute Gasteiger partial charge is 0.312 e. The molecule has 1 saturated carbocycles. The second-order valence-electron chi connectivity index (χ2n) is 6.33. The molecule has 0 saturated heterocycles. The molecular formula is C13H28N2. The summed E-state index contributed by atoms with van der Waals surface area (Å²) in [6.45, 7) is 12.4. The third-order valence-corrected chi connectivity index (χ3v) is 3.03. The van der Waals surface area contributed by atoms with E-state index in [-0.39, 0.29) is 5.54 Å². The predicted molar refractivity (Wildman–Crippen MR) is 67.2 cm³/mol. The Balaban J connectivity index is 2.19. The lowest BCUT2D eigenvalue weighted by Gasteiger charge is -2.23. The van der Waals surface area contributed by atoms with Gasteiger partial charge in [0.15, 0.2) is 0 Å². The van der Waals surface area contributed by atoms with Gasteiger partial charge in [-0.1, -0.05) is 13.8 Å². The summed E-state index contributed by atoms with van der Waals surface area (Å²) in [5, 5.41) is 7.25. The quantitative estimate of drug-likeness (QED) is 0.748. The topological polar surface area (TPSA) is 24.1 Å². The van der Waals surface area contributed by atoms with Crippen molar-refractivity contribution in [1.82, 2.24) is 10.6 Å². The van der Waals surface area contributed by atoms with E-state index in [0.717, 1.165) is 12.0 Å². The van der Waals surface area contributed by atoms with E-state index in [2.05, 4.69) is 45.3 Å². The number of hydrogen-bond donors (Lipinski definition) is 2. The van der Waals surface area contributed by atoms with Gasteiger partial charge in [-0.25, -0.2) is 0 Å². The van der Waals surface area contributed by atoms with Crippen molar-refractivity contribution in [3.05, 3.63) is 0 Å². The van der Waals surface area contributed by atoms with E-state index >= 15 is 0 Å². The van der Waals surface area contributed by atoms with Crippen LogP contribution in [0.15, 0.2) is 0 Å². The molecule has 15 heavy (non-hydrogen) atoms. The van der Waals surface area contributed by atoms with Crippen LogP contribution in [-0.2, 0) is 0 Å². The van der Waals surface area contributed by atoms with E-state index < -0.39 is 0 Å². The summed E-state index contributed by atoms with van der Waals surface area (Å²) in [5.41, 5.74) is 0.267. The van der Waals surface area contributed by atoms with Crippen molar-refractivity contribution in [3.8, 4) is 0 Å². The average Bonchev–Trinajstić information content (AvgIpc) is 2.46. The van der Waals surface area contributed by atoms with Crippen LogP contribution in [0, 0.1) is 5.92 Å². The van der Waals surface area contributed by atoms with Crippen molar-refractivity contribution < 1.29 is 0 Å². The van der Waals surface area contributed by atoms with Gasteiger partial charge in [0.05, 0.1) is 0 Å². The first-order valence-corrected chi connectivity index (χ1v) is 6.38. The van der Waals surface area contributed by atoms with Crippen molar-refractivity contribution in [3.63, 3.8) is 0 Å². The van der Waals surface area contributed by atoms with Gasteiger partial charge in [-0.2, -0.15) is 0 Å². The van der Waals surface area contributed by atoms with E-state index in [1.807, 2.05) is 0 Å². The first kappa shape index (κ1) is 13.0. The summed E-state index contributed by atoms with van der Waals surface area (Å²) >= 11 is 0. The van der Waals surface area contributed by atoms with Gasteiger partial charge in [0, 0.05) is 17.6 Å². The first-order valence-electron chi connectivity index (χ1n) is 6.38. The summed E-state index contributed by atoms with van der Waals surface area (Å²) in [6, 6.07) is 1.39. The molecule has 0 radical (unpaired) electrons. The Morgan fingerprint density at radius 3 is 2.40 bits per heavy atom. The number of hydrogen-bond acceptors (Lipinski definition) is 2. The van der Waals surface area contributed by atoms with Crippen molar-refractivity contribution in [2.75, 3.05) is 6.54 Å². The molecule has 2 N–H and O–H groups in total. The Morgan fingerprint density at radius 1 is 1.20 bits per heavy atom. The van der Waals surface area contributed by atoms with Crippen LogP contribution in [0.1, 0.15) is 53.9 Å². The molecule has 0 aromatic heterocycles. The van der Waals surface area contributed by atoms with Gasteiger partial charge in [-0.15, -0.1) is 0 Å². The van der Waals surface area contributed by atoms with Gasteiger partial charge < -0.3 is 10.6 Å². The maximum atomic E-state index is 3.64. The summed E-state index contributed by atoms with van der Waals surface area (Å²) < 4.78 is 0. The highest BCUT2D eigenvalue weighted by Gasteiger charge is 2.25.